The summed E-state index contributed by atoms with van der Waals surface area (Å²) in [6.07, 6.45) is 0. The molecule has 168 valence electrons. The van der Waals surface area contributed by atoms with Gasteiger partial charge in [0.1, 0.15) is 5.58 Å². The van der Waals surface area contributed by atoms with E-state index in [1.54, 1.807) is 11.3 Å². The minimum atomic E-state index is 0.934. The van der Waals surface area contributed by atoms with E-state index >= 15 is 0 Å². The van der Waals surface area contributed by atoms with Crippen molar-refractivity contribution in [2.75, 3.05) is 0 Å². The molecule has 0 bridgehead atoms. The Morgan fingerprint density at radius 3 is 1.81 bits per heavy atom. The first kappa shape index (κ1) is 19.9. The van der Waals surface area contributed by atoms with Gasteiger partial charge in [0.05, 0.1) is 4.70 Å². The largest absolute Gasteiger partial charge is 0.455 e. The van der Waals surface area contributed by atoms with Crippen LogP contribution in [0.5, 0.6) is 0 Å². The Balaban J connectivity index is 1.64. The number of benzene rings is 6. The third-order valence-corrected chi connectivity index (χ3v) is 8.26. The molecule has 0 fully saturated rings. The lowest BCUT2D eigenvalue weighted by atomic mass is 9.84. The first-order valence-corrected chi connectivity index (χ1v) is 13.1. The van der Waals surface area contributed by atoms with Crippen molar-refractivity contribution in [1.82, 2.24) is 0 Å². The minimum absolute atomic E-state index is 0.934. The Hall–Kier alpha value is -4.40. The maximum atomic E-state index is 6.51. The highest BCUT2D eigenvalue weighted by molar-refractivity contribution is 7.18. The number of fused-ring (bicyclic) bond motifs is 7. The molecule has 2 aromatic heterocycles. The molecule has 0 atom stereocenters. The van der Waals surface area contributed by atoms with Crippen molar-refractivity contribution in [2.24, 2.45) is 0 Å². The molecule has 36 heavy (non-hydrogen) atoms. The van der Waals surface area contributed by atoms with Crippen molar-refractivity contribution in [3.63, 3.8) is 0 Å². The van der Waals surface area contributed by atoms with E-state index in [9.17, 15) is 0 Å². The average molecular weight is 477 g/mol. The van der Waals surface area contributed by atoms with Gasteiger partial charge in [0, 0.05) is 10.8 Å². The maximum absolute atomic E-state index is 6.51. The Bertz CT molecular complexity index is 2040. The number of rotatable bonds is 2. The molecule has 0 saturated carbocycles. The second kappa shape index (κ2) is 7.55. The second-order valence-electron chi connectivity index (χ2n) is 9.27. The van der Waals surface area contributed by atoms with Gasteiger partial charge in [0.15, 0.2) is 5.58 Å². The number of furan rings is 1. The number of para-hydroxylation sites is 1. The van der Waals surface area contributed by atoms with Gasteiger partial charge in [0.2, 0.25) is 0 Å². The van der Waals surface area contributed by atoms with Gasteiger partial charge >= 0.3 is 0 Å². The summed E-state index contributed by atoms with van der Waals surface area (Å²) in [6.45, 7) is 0. The fourth-order valence-electron chi connectivity index (χ4n) is 5.85. The van der Waals surface area contributed by atoms with E-state index in [2.05, 4.69) is 121 Å². The van der Waals surface area contributed by atoms with Gasteiger partial charge in [-0.1, -0.05) is 97.1 Å². The zero-order valence-electron chi connectivity index (χ0n) is 19.4. The fourth-order valence-corrected chi connectivity index (χ4v) is 6.71. The molecule has 8 aromatic rings. The van der Waals surface area contributed by atoms with Crippen LogP contribution in [-0.4, -0.2) is 0 Å². The molecule has 0 radical (unpaired) electrons. The molecular formula is C34H20OS. The fraction of sp³-hybridized carbons (Fsp3) is 0. The topological polar surface area (TPSA) is 13.1 Å². The Kier molecular flexibility index (Phi) is 4.16. The summed E-state index contributed by atoms with van der Waals surface area (Å²) in [7, 11) is 0. The average Bonchev–Trinajstić information content (AvgIpc) is 3.56. The summed E-state index contributed by atoms with van der Waals surface area (Å²) < 4.78 is 7.72. The van der Waals surface area contributed by atoms with Crippen molar-refractivity contribution in [3.05, 3.63) is 121 Å². The second-order valence-corrected chi connectivity index (χ2v) is 10.2. The molecule has 1 nitrogen and oxygen atoms in total. The van der Waals surface area contributed by atoms with Crippen LogP contribution >= 0.6 is 11.3 Å². The van der Waals surface area contributed by atoms with Crippen LogP contribution in [0.15, 0.2) is 125 Å². The number of hydrogen-bond donors (Lipinski definition) is 0. The first-order valence-electron chi connectivity index (χ1n) is 12.2. The van der Waals surface area contributed by atoms with E-state index in [4.69, 9.17) is 4.42 Å². The smallest absolute Gasteiger partial charge is 0.153 e. The SMILES string of the molecule is c1ccc(-c2c3ccccc3c(-c3cc4ccsc4c4oc5ccccc5c34)c3ccccc23)cc1. The predicted molar refractivity (Wildman–Crippen MR) is 155 cm³/mol. The third kappa shape index (κ3) is 2.71. The minimum Gasteiger partial charge on any atom is -0.455 e. The molecule has 2 heterocycles. The lowest BCUT2D eigenvalue weighted by molar-refractivity contribution is 0.673. The van der Waals surface area contributed by atoms with Gasteiger partial charge in [-0.2, -0.15) is 0 Å². The highest BCUT2D eigenvalue weighted by Gasteiger charge is 2.22. The number of hydrogen-bond acceptors (Lipinski definition) is 2. The zero-order chi connectivity index (χ0) is 23.6. The summed E-state index contributed by atoms with van der Waals surface area (Å²) in [5, 5.41) is 10.8. The molecule has 0 amide bonds. The first-order chi connectivity index (χ1) is 17.9. The standard InChI is InChI=1S/C34H20OS/c1-2-10-21(11-3-1)30-23-12-4-6-14-25(23)31(26-15-7-5-13-24(26)30)28-20-22-18-19-36-34(22)33-32(28)27-16-8-9-17-29(27)35-33/h1-20H. The molecule has 0 aliphatic carbocycles. The monoisotopic (exact) mass is 476 g/mol. The Labute approximate surface area is 211 Å². The normalized spacial score (nSPS) is 11.9. The highest BCUT2D eigenvalue weighted by atomic mass is 32.1. The van der Waals surface area contributed by atoms with Crippen molar-refractivity contribution in [2.45, 2.75) is 0 Å². The van der Waals surface area contributed by atoms with E-state index in [-0.39, 0.29) is 0 Å². The maximum Gasteiger partial charge on any atom is 0.153 e. The molecule has 0 spiro atoms. The van der Waals surface area contributed by atoms with Crippen LogP contribution in [0, 0.1) is 0 Å². The summed E-state index contributed by atoms with van der Waals surface area (Å²) in [6, 6.07) is 41.4. The molecule has 0 saturated heterocycles. The lowest BCUT2D eigenvalue weighted by Gasteiger charge is -2.18. The Morgan fingerprint density at radius 1 is 0.528 bits per heavy atom. The third-order valence-electron chi connectivity index (χ3n) is 7.33. The van der Waals surface area contributed by atoms with Crippen LogP contribution in [0.2, 0.25) is 0 Å². The molecule has 0 N–H and O–H groups in total. The quantitative estimate of drug-likeness (QED) is 0.226. The van der Waals surface area contributed by atoms with Crippen LogP contribution < -0.4 is 0 Å². The van der Waals surface area contributed by atoms with Crippen molar-refractivity contribution in [1.29, 1.82) is 0 Å². The summed E-state index contributed by atoms with van der Waals surface area (Å²) >= 11 is 1.75. The van der Waals surface area contributed by atoms with Crippen LogP contribution in [0.1, 0.15) is 0 Å². The van der Waals surface area contributed by atoms with Gasteiger partial charge in [-0.05, 0) is 72.8 Å². The molecule has 0 aliphatic rings. The van der Waals surface area contributed by atoms with E-state index in [1.165, 1.54) is 59.3 Å². The van der Waals surface area contributed by atoms with E-state index in [0.717, 1.165) is 16.6 Å². The van der Waals surface area contributed by atoms with Crippen molar-refractivity contribution >= 4 is 64.9 Å². The summed E-state index contributed by atoms with van der Waals surface area (Å²) in [5.41, 5.74) is 6.95. The van der Waals surface area contributed by atoms with Gasteiger partial charge in [-0.3, -0.25) is 0 Å². The van der Waals surface area contributed by atoms with Crippen LogP contribution in [0.4, 0.5) is 0 Å². The highest BCUT2D eigenvalue weighted by Crippen LogP contribution is 2.48. The van der Waals surface area contributed by atoms with Gasteiger partial charge in [-0.25, -0.2) is 0 Å². The van der Waals surface area contributed by atoms with Gasteiger partial charge < -0.3 is 4.42 Å². The van der Waals surface area contributed by atoms with E-state index in [1.807, 2.05) is 0 Å². The van der Waals surface area contributed by atoms with Crippen LogP contribution in [0.3, 0.4) is 0 Å². The van der Waals surface area contributed by atoms with Crippen LogP contribution in [0.25, 0.3) is 75.8 Å². The lowest BCUT2D eigenvalue weighted by Crippen LogP contribution is -1.91. The molecular weight excluding hydrogens is 456 g/mol. The predicted octanol–water partition coefficient (Wildman–Crippen LogP) is 10.4. The van der Waals surface area contributed by atoms with Crippen molar-refractivity contribution < 1.29 is 4.42 Å². The summed E-state index contributed by atoms with van der Waals surface area (Å²) in [4.78, 5) is 0. The van der Waals surface area contributed by atoms with Gasteiger partial charge in [-0.15, -0.1) is 11.3 Å². The van der Waals surface area contributed by atoms with Crippen LogP contribution in [-0.2, 0) is 0 Å². The molecule has 6 aromatic carbocycles. The molecule has 0 aliphatic heterocycles. The zero-order valence-corrected chi connectivity index (χ0v) is 20.2. The van der Waals surface area contributed by atoms with E-state index in [0.29, 0.717) is 0 Å². The number of thiophene rings is 1. The van der Waals surface area contributed by atoms with E-state index < -0.39 is 0 Å². The van der Waals surface area contributed by atoms with Gasteiger partial charge in [0.25, 0.3) is 0 Å². The summed E-state index contributed by atoms with van der Waals surface area (Å²) in [5.74, 6) is 0. The van der Waals surface area contributed by atoms with Crippen molar-refractivity contribution in [3.8, 4) is 22.3 Å². The Morgan fingerprint density at radius 2 is 1.11 bits per heavy atom. The molecule has 2 heteroatoms. The molecule has 0 unspecified atom stereocenters. The molecule has 8 rings (SSSR count).